The molecule has 0 radical (unpaired) electrons. The predicted molar refractivity (Wildman–Crippen MR) is 135 cm³/mol. The first-order valence-corrected chi connectivity index (χ1v) is 10.9. The van der Waals surface area contributed by atoms with Gasteiger partial charge in [0.05, 0.1) is 17.6 Å². The number of para-hydroxylation sites is 1. The van der Waals surface area contributed by atoms with Crippen LogP contribution >= 0.6 is 0 Å². The van der Waals surface area contributed by atoms with E-state index in [1.807, 2.05) is 42.5 Å². The molecule has 5 heteroatoms. The van der Waals surface area contributed by atoms with Crippen LogP contribution in [0.3, 0.4) is 0 Å². The van der Waals surface area contributed by atoms with E-state index in [2.05, 4.69) is 61.8 Å². The topological polar surface area (TPSA) is 48.2 Å². The molecule has 0 saturated heterocycles. The summed E-state index contributed by atoms with van der Waals surface area (Å²) in [5.41, 5.74) is 8.16. The van der Waals surface area contributed by atoms with E-state index >= 15 is 0 Å². The van der Waals surface area contributed by atoms with Gasteiger partial charge >= 0.3 is 0 Å². The Kier molecular flexibility index (Phi) is 3.84. The van der Waals surface area contributed by atoms with Gasteiger partial charge < -0.3 is 8.98 Å². The predicted octanol–water partition coefficient (Wildman–Crippen LogP) is 7.69. The Morgan fingerprint density at radius 1 is 0.706 bits per heavy atom. The molecule has 7 rings (SSSR count). The Morgan fingerprint density at radius 3 is 2.24 bits per heavy atom. The van der Waals surface area contributed by atoms with Crippen molar-refractivity contribution in [1.29, 1.82) is 0 Å². The molecule has 7 aromatic rings. The van der Waals surface area contributed by atoms with Crippen molar-refractivity contribution in [1.82, 2.24) is 14.5 Å². The molecule has 158 valence electrons. The third-order valence-electron chi connectivity index (χ3n) is 6.33. The molecule has 0 amide bonds. The number of benzene rings is 4. The highest BCUT2D eigenvalue weighted by Crippen LogP contribution is 2.37. The van der Waals surface area contributed by atoms with Crippen LogP contribution in [-0.4, -0.2) is 14.5 Å². The zero-order valence-electron chi connectivity index (χ0n) is 17.9. The highest BCUT2D eigenvalue weighted by Gasteiger charge is 2.15. The zero-order chi connectivity index (χ0) is 22.6. The van der Waals surface area contributed by atoms with Crippen molar-refractivity contribution in [3.63, 3.8) is 0 Å². The lowest BCUT2D eigenvalue weighted by Gasteiger charge is -2.08. The summed E-state index contributed by atoms with van der Waals surface area (Å²) >= 11 is 0. The number of fused-ring (bicyclic) bond motifs is 6. The molecule has 0 bridgehead atoms. The van der Waals surface area contributed by atoms with E-state index in [1.54, 1.807) is 12.4 Å². The second kappa shape index (κ2) is 7.03. The second-order valence-electron chi connectivity index (χ2n) is 8.24. The normalized spacial score (nSPS) is 11.5. The Bertz CT molecular complexity index is 1920. The lowest BCUT2D eigenvalue weighted by Crippen LogP contribution is -1.92. The Labute approximate surface area is 194 Å². The summed E-state index contributed by atoms with van der Waals surface area (Å²) in [5.74, 6) is 0. The molecule has 0 aliphatic heterocycles. The first kappa shape index (κ1) is 18.6. The van der Waals surface area contributed by atoms with Gasteiger partial charge in [-0.25, -0.2) is 14.8 Å². The summed E-state index contributed by atoms with van der Waals surface area (Å²) in [6.45, 7) is 7.50. The Hall–Kier alpha value is -4.95. The van der Waals surface area contributed by atoms with E-state index in [9.17, 15) is 0 Å². The third-order valence-corrected chi connectivity index (χ3v) is 6.33. The SMILES string of the molecule is [C-]#[N+]c1ccc2c(c1)c1cc(-c3ccc4oc5nccnc5c4c3)ccc1n2-c1ccccc1. The first-order chi connectivity index (χ1) is 16.8. The maximum absolute atomic E-state index is 7.50. The smallest absolute Gasteiger partial charge is 0.246 e. The Morgan fingerprint density at radius 2 is 1.41 bits per heavy atom. The van der Waals surface area contributed by atoms with E-state index < -0.39 is 0 Å². The van der Waals surface area contributed by atoms with Gasteiger partial charge in [0.25, 0.3) is 0 Å². The van der Waals surface area contributed by atoms with E-state index in [-0.39, 0.29) is 0 Å². The summed E-state index contributed by atoms with van der Waals surface area (Å²) < 4.78 is 8.10. The number of nitrogens with zero attached hydrogens (tertiary/aromatic N) is 4. The Balaban J connectivity index is 1.50. The minimum absolute atomic E-state index is 0.544. The van der Waals surface area contributed by atoms with Crippen LogP contribution in [0.1, 0.15) is 0 Å². The largest absolute Gasteiger partial charge is 0.436 e. The molecule has 0 aliphatic rings. The molecule has 0 atom stereocenters. The fraction of sp³-hybridized carbons (Fsp3) is 0. The summed E-state index contributed by atoms with van der Waals surface area (Å²) in [4.78, 5) is 12.4. The summed E-state index contributed by atoms with van der Waals surface area (Å²) in [7, 11) is 0. The number of hydrogen-bond donors (Lipinski definition) is 0. The maximum atomic E-state index is 7.50. The van der Waals surface area contributed by atoms with Gasteiger partial charge in [0.1, 0.15) is 11.1 Å². The molecule has 5 nitrogen and oxygen atoms in total. The molecule has 34 heavy (non-hydrogen) atoms. The van der Waals surface area contributed by atoms with Crippen LogP contribution in [0.4, 0.5) is 5.69 Å². The van der Waals surface area contributed by atoms with Crippen molar-refractivity contribution in [2.75, 3.05) is 0 Å². The van der Waals surface area contributed by atoms with Gasteiger partial charge in [-0.1, -0.05) is 36.4 Å². The van der Waals surface area contributed by atoms with Crippen LogP contribution in [0, 0.1) is 6.57 Å². The molecular weight excluding hydrogens is 420 g/mol. The van der Waals surface area contributed by atoms with Crippen molar-refractivity contribution in [2.24, 2.45) is 0 Å². The molecule has 0 N–H and O–H groups in total. The number of rotatable bonds is 2. The van der Waals surface area contributed by atoms with Gasteiger partial charge in [0, 0.05) is 28.9 Å². The average Bonchev–Trinajstić information content (AvgIpc) is 3.43. The van der Waals surface area contributed by atoms with E-state index in [4.69, 9.17) is 11.0 Å². The van der Waals surface area contributed by atoms with Gasteiger partial charge in [0.15, 0.2) is 5.69 Å². The van der Waals surface area contributed by atoms with Gasteiger partial charge in [-0.2, -0.15) is 0 Å². The van der Waals surface area contributed by atoms with Crippen LogP contribution in [0.5, 0.6) is 0 Å². The third kappa shape index (κ3) is 2.66. The maximum Gasteiger partial charge on any atom is 0.246 e. The standard InChI is InChI=1S/C29H16N4O/c1-30-20-9-11-26-23(17-20)22-15-18(7-10-25(22)33(26)21-5-3-2-4-6-21)19-8-12-27-24(16-19)28-29(34-27)32-14-13-31-28/h2-17H. The molecule has 4 aromatic carbocycles. The zero-order valence-corrected chi connectivity index (χ0v) is 17.9. The minimum atomic E-state index is 0.544. The lowest BCUT2D eigenvalue weighted by molar-refractivity contribution is 0.653. The molecule has 0 unspecified atom stereocenters. The van der Waals surface area contributed by atoms with E-state index in [1.165, 1.54) is 0 Å². The van der Waals surface area contributed by atoms with Gasteiger partial charge in [-0.05, 0) is 65.0 Å². The summed E-state index contributed by atoms with van der Waals surface area (Å²) in [6.07, 6.45) is 3.32. The average molecular weight is 436 g/mol. The first-order valence-electron chi connectivity index (χ1n) is 10.9. The van der Waals surface area contributed by atoms with Crippen LogP contribution in [0.25, 0.3) is 65.7 Å². The molecule has 0 spiro atoms. The molecule has 3 heterocycles. The van der Waals surface area contributed by atoms with Crippen molar-refractivity contribution < 1.29 is 4.42 Å². The van der Waals surface area contributed by atoms with Crippen molar-refractivity contribution in [2.45, 2.75) is 0 Å². The molecule has 3 aromatic heterocycles. The summed E-state index contributed by atoms with van der Waals surface area (Å²) in [6, 6.07) is 28.9. The highest BCUT2D eigenvalue weighted by atomic mass is 16.3. The van der Waals surface area contributed by atoms with Crippen molar-refractivity contribution in [3.8, 4) is 16.8 Å². The quantitative estimate of drug-likeness (QED) is 0.261. The van der Waals surface area contributed by atoms with Crippen molar-refractivity contribution in [3.05, 3.63) is 109 Å². The molecule has 0 fully saturated rings. The number of aromatic nitrogens is 3. The lowest BCUT2D eigenvalue weighted by atomic mass is 10.0. The monoisotopic (exact) mass is 436 g/mol. The van der Waals surface area contributed by atoms with Crippen LogP contribution in [0.2, 0.25) is 0 Å². The van der Waals surface area contributed by atoms with Gasteiger partial charge in [0.2, 0.25) is 5.71 Å². The fourth-order valence-corrected chi connectivity index (χ4v) is 4.79. The summed E-state index contributed by atoms with van der Waals surface area (Å²) in [5, 5.41) is 3.12. The highest BCUT2D eigenvalue weighted by molar-refractivity contribution is 6.12. The van der Waals surface area contributed by atoms with Crippen LogP contribution < -0.4 is 0 Å². The van der Waals surface area contributed by atoms with Crippen LogP contribution in [-0.2, 0) is 0 Å². The van der Waals surface area contributed by atoms with Crippen molar-refractivity contribution >= 4 is 49.7 Å². The number of furan rings is 1. The minimum Gasteiger partial charge on any atom is -0.436 e. The van der Waals surface area contributed by atoms with Crippen LogP contribution in [0.15, 0.2) is 102 Å². The second-order valence-corrected chi connectivity index (χ2v) is 8.24. The molecule has 0 saturated carbocycles. The molecule has 0 aliphatic carbocycles. The molecular formula is C29H16N4O. The van der Waals surface area contributed by atoms with E-state index in [0.29, 0.717) is 11.4 Å². The number of hydrogen-bond acceptors (Lipinski definition) is 3. The van der Waals surface area contributed by atoms with E-state index in [0.717, 1.165) is 55.1 Å². The van der Waals surface area contributed by atoms with Gasteiger partial charge in [-0.15, -0.1) is 0 Å². The van der Waals surface area contributed by atoms with Gasteiger partial charge in [-0.3, -0.25) is 0 Å². The fourth-order valence-electron chi connectivity index (χ4n) is 4.79.